The van der Waals surface area contributed by atoms with E-state index in [4.69, 9.17) is 4.74 Å². The molecular formula is C16H11F3N4O4. The van der Waals surface area contributed by atoms with Crippen LogP contribution in [0, 0.1) is 0 Å². The number of alkyl halides is 3. The lowest BCUT2D eigenvalue weighted by Crippen LogP contribution is -2.41. The van der Waals surface area contributed by atoms with E-state index in [0.717, 1.165) is 7.05 Å². The van der Waals surface area contributed by atoms with Crippen LogP contribution in [0.1, 0.15) is 5.69 Å². The molecule has 0 spiro atoms. The van der Waals surface area contributed by atoms with E-state index in [1.165, 1.54) is 36.5 Å². The standard InChI is InChI=1S/C16H11F3N4O4/c1-22-10(16(17,18)19)8-13(24)23(15(22)26)11-5-2-6-12(21-11)27-9-4-3-7-20-14(9)25/h2-8H,1H3,(H,20,25). The third-order valence-corrected chi connectivity index (χ3v) is 3.51. The second-order valence-electron chi connectivity index (χ2n) is 5.30. The predicted octanol–water partition coefficient (Wildman–Crippen LogP) is 1.84. The molecule has 0 atom stereocenters. The fourth-order valence-electron chi connectivity index (χ4n) is 2.27. The largest absolute Gasteiger partial charge is 0.491 e. The van der Waals surface area contributed by atoms with Crippen molar-refractivity contribution < 1.29 is 23.0 Å². The van der Waals surface area contributed by atoms with Gasteiger partial charge in [0.25, 0.3) is 11.4 Å². The summed E-state index contributed by atoms with van der Waals surface area (Å²) in [7, 11) is 0.898. The van der Waals surface area contributed by atoms with Gasteiger partial charge in [0.05, 0.1) is 0 Å². The maximum absolute atomic E-state index is 12.9. The lowest BCUT2D eigenvalue weighted by Gasteiger charge is -2.14. The summed E-state index contributed by atoms with van der Waals surface area (Å²) < 4.78 is 44.9. The zero-order valence-electron chi connectivity index (χ0n) is 13.6. The molecule has 0 fully saturated rings. The van der Waals surface area contributed by atoms with Crippen LogP contribution in [0.15, 0.2) is 52.2 Å². The van der Waals surface area contributed by atoms with Crippen LogP contribution in [0.2, 0.25) is 0 Å². The molecule has 11 heteroatoms. The molecule has 0 aliphatic heterocycles. The second kappa shape index (κ2) is 6.59. The molecule has 3 aromatic heterocycles. The van der Waals surface area contributed by atoms with Gasteiger partial charge in [0, 0.05) is 25.4 Å². The van der Waals surface area contributed by atoms with E-state index in [1.54, 1.807) is 0 Å². The first kappa shape index (κ1) is 18.2. The Morgan fingerprint density at radius 3 is 2.56 bits per heavy atom. The van der Waals surface area contributed by atoms with E-state index >= 15 is 0 Å². The van der Waals surface area contributed by atoms with Gasteiger partial charge >= 0.3 is 11.9 Å². The van der Waals surface area contributed by atoms with E-state index in [0.29, 0.717) is 15.2 Å². The fraction of sp³-hybridized carbons (Fsp3) is 0.125. The first-order chi connectivity index (χ1) is 12.7. The minimum atomic E-state index is -4.86. The first-order valence-corrected chi connectivity index (χ1v) is 7.38. The minimum Gasteiger partial charge on any atom is -0.491 e. The Balaban J connectivity index is 2.08. The molecule has 0 amide bonds. The van der Waals surface area contributed by atoms with Crippen LogP contribution in [0.3, 0.4) is 0 Å². The lowest BCUT2D eigenvalue weighted by atomic mass is 10.3. The highest BCUT2D eigenvalue weighted by Crippen LogP contribution is 2.28. The van der Waals surface area contributed by atoms with Crippen molar-refractivity contribution in [3.63, 3.8) is 0 Å². The summed E-state index contributed by atoms with van der Waals surface area (Å²) in [5.41, 5.74) is -3.79. The molecule has 0 aliphatic carbocycles. The van der Waals surface area contributed by atoms with E-state index in [-0.39, 0.29) is 17.4 Å². The quantitative estimate of drug-likeness (QED) is 0.745. The molecule has 3 heterocycles. The number of aromatic nitrogens is 4. The van der Waals surface area contributed by atoms with Crippen LogP contribution in [-0.2, 0) is 13.2 Å². The maximum atomic E-state index is 12.9. The summed E-state index contributed by atoms with van der Waals surface area (Å²) in [6.45, 7) is 0. The highest BCUT2D eigenvalue weighted by Gasteiger charge is 2.35. The zero-order chi connectivity index (χ0) is 19.8. The summed E-state index contributed by atoms with van der Waals surface area (Å²) in [6.07, 6.45) is -3.53. The minimum absolute atomic E-state index is 0.0326. The zero-order valence-corrected chi connectivity index (χ0v) is 13.6. The molecule has 0 aliphatic rings. The van der Waals surface area contributed by atoms with Crippen molar-refractivity contribution >= 4 is 0 Å². The van der Waals surface area contributed by atoms with Gasteiger partial charge in [0.2, 0.25) is 5.88 Å². The molecule has 0 bridgehead atoms. The Bertz CT molecular complexity index is 1120. The molecule has 0 radical (unpaired) electrons. The molecule has 1 N–H and O–H groups in total. The van der Waals surface area contributed by atoms with Gasteiger partial charge in [0.1, 0.15) is 11.5 Å². The summed E-state index contributed by atoms with van der Waals surface area (Å²) in [6, 6.07) is 7.22. The number of hydrogen-bond acceptors (Lipinski definition) is 6. The Kier molecular flexibility index (Phi) is 4.44. The van der Waals surface area contributed by atoms with Crippen molar-refractivity contribution in [3.05, 3.63) is 69.1 Å². The summed E-state index contributed by atoms with van der Waals surface area (Å²) in [5, 5.41) is 9.61. The van der Waals surface area contributed by atoms with Gasteiger partial charge in [0.15, 0.2) is 5.75 Å². The molecule has 8 nitrogen and oxygen atoms in total. The van der Waals surface area contributed by atoms with Gasteiger partial charge < -0.3 is 9.84 Å². The number of aromatic hydroxyl groups is 1. The number of ether oxygens (including phenoxy) is 1. The SMILES string of the molecule is Cn1c(C(F)(F)F)cc(=O)n(-c2cccc(Oc3cccnc3O)n2)c1=O. The molecule has 27 heavy (non-hydrogen) atoms. The van der Waals surface area contributed by atoms with Crippen molar-refractivity contribution in [3.8, 4) is 23.3 Å². The molecule has 3 aromatic rings. The topological polar surface area (TPSA) is 99.2 Å². The number of nitrogens with zero attached hydrogens (tertiary/aromatic N) is 4. The number of rotatable bonds is 3. The highest BCUT2D eigenvalue weighted by molar-refractivity contribution is 5.36. The van der Waals surface area contributed by atoms with Crippen molar-refractivity contribution in [1.82, 2.24) is 19.1 Å². The number of hydrogen-bond donors (Lipinski definition) is 1. The molecule has 0 aromatic carbocycles. The molecule has 0 saturated heterocycles. The summed E-state index contributed by atoms with van der Waals surface area (Å²) in [4.78, 5) is 31.9. The van der Waals surface area contributed by atoms with Gasteiger partial charge in [-0.1, -0.05) is 6.07 Å². The Morgan fingerprint density at radius 2 is 1.89 bits per heavy atom. The third kappa shape index (κ3) is 3.52. The van der Waals surface area contributed by atoms with Gasteiger partial charge in [-0.2, -0.15) is 18.2 Å². The summed E-state index contributed by atoms with van der Waals surface area (Å²) in [5.74, 6) is -0.790. The van der Waals surface area contributed by atoms with Crippen LogP contribution in [0.5, 0.6) is 17.5 Å². The van der Waals surface area contributed by atoms with Crippen molar-refractivity contribution in [2.24, 2.45) is 7.05 Å². The Labute approximate surface area is 148 Å². The van der Waals surface area contributed by atoms with E-state index in [9.17, 15) is 27.9 Å². The average Bonchev–Trinajstić information content (AvgIpc) is 2.60. The Hall–Kier alpha value is -3.63. The monoisotopic (exact) mass is 380 g/mol. The van der Waals surface area contributed by atoms with E-state index < -0.39 is 29.0 Å². The van der Waals surface area contributed by atoms with Crippen molar-refractivity contribution in [1.29, 1.82) is 0 Å². The van der Waals surface area contributed by atoms with Crippen LogP contribution in [0.4, 0.5) is 13.2 Å². The second-order valence-corrected chi connectivity index (χ2v) is 5.30. The van der Waals surface area contributed by atoms with Gasteiger partial charge in [-0.15, -0.1) is 0 Å². The molecule has 140 valence electrons. The average molecular weight is 380 g/mol. The van der Waals surface area contributed by atoms with Gasteiger partial charge in [-0.25, -0.2) is 14.3 Å². The van der Waals surface area contributed by atoms with Crippen LogP contribution in [-0.4, -0.2) is 24.2 Å². The first-order valence-electron chi connectivity index (χ1n) is 7.38. The van der Waals surface area contributed by atoms with Crippen LogP contribution >= 0.6 is 0 Å². The number of halogens is 3. The maximum Gasteiger partial charge on any atom is 0.431 e. The van der Waals surface area contributed by atoms with E-state index in [1.807, 2.05) is 0 Å². The normalized spacial score (nSPS) is 11.4. The molecular weight excluding hydrogens is 369 g/mol. The Morgan fingerprint density at radius 1 is 1.15 bits per heavy atom. The van der Waals surface area contributed by atoms with E-state index in [2.05, 4.69) is 9.97 Å². The third-order valence-electron chi connectivity index (χ3n) is 3.51. The van der Waals surface area contributed by atoms with Crippen LogP contribution in [0.25, 0.3) is 5.82 Å². The number of pyridine rings is 2. The van der Waals surface area contributed by atoms with Gasteiger partial charge in [-0.05, 0) is 18.2 Å². The van der Waals surface area contributed by atoms with Gasteiger partial charge in [-0.3, -0.25) is 9.36 Å². The van der Waals surface area contributed by atoms with Crippen LogP contribution < -0.4 is 16.0 Å². The van der Waals surface area contributed by atoms with Crippen molar-refractivity contribution in [2.45, 2.75) is 6.18 Å². The molecule has 0 unspecified atom stereocenters. The molecule has 0 saturated carbocycles. The molecule has 3 rings (SSSR count). The fourth-order valence-corrected chi connectivity index (χ4v) is 2.27. The smallest absolute Gasteiger partial charge is 0.431 e. The van der Waals surface area contributed by atoms with Crippen molar-refractivity contribution in [2.75, 3.05) is 0 Å². The lowest BCUT2D eigenvalue weighted by molar-refractivity contribution is -0.144. The predicted molar refractivity (Wildman–Crippen MR) is 86.1 cm³/mol. The summed E-state index contributed by atoms with van der Waals surface area (Å²) >= 11 is 0. The highest BCUT2D eigenvalue weighted by atomic mass is 19.4.